The van der Waals surface area contributed by atoms with Gasteiger partial charge in [-0.15, -0.1) is 0 Å². The molecule has 4 heteroatoms. The highest BCUT2D eigenvalue weighted by Gasteiger charge is 2.23. The lowest BCUT2D eigenvalue weighted by atomic mass is 10.1. The molecule has 0 radical (unpaired) electrons. The summed E-state index contributed by atoms with van der Waals surface area (Å²) < 4.78 is 4.75. The van der Waals surface area contributed by atoms with E-state index in [1.807, 2.05) is 0 Å². The van der Waals surface area contributed by atoms with Gasteiger partial charge in [0.05, 0.1) is 0 Å². The number of carbonyl (C=O) groups excluding carboxylic acids is 2. The Morgan fingerprint density at radius 2 is 2.45 bits per heavy atom. The Morgan fingerprint density at radius 3 is 3.00 bits per heavy atom. The maximum absolute atomic E-state index is 11.0. The van der Waals surface area contributed by atoms with Gasteiger partial charge in [0.2, 0.25) is 0 Å². The summed E-state index contributed by atoms with van der Waals surface area (Å²) in [6.07, 6.45) is -0.0981. The zero-order valence-electron chi connectivity index (χ0n) is 6.42. The van der Waals surface area contributed by atoms with Gasteiger partial charge in [-0.1, -0.05) is 0 Å². The zero-order chi connectivity index (χ0) is 8.27. The van der Waals surface area contributed by atoms with Crippen LogP contribution in [0.25, 0.3) is 0 Å². The van der Waals surface area contributed by atoms with Crippen LogP contribution in [0.1, 0.15) is 13.3 Å². The molecule has 1 rings (SSSR count). The van der Waals surface area contributed by atoms with Crippen LogP contribution < -0.4 is 5.32 Å². The van der Waals surface area contributed by atoms with Crippen molar-refractivity contribution in [1.82, 2.24) is 5.32 Å². The van der Waals surface area contributed by atoms with E-state index in [0.29, 0.717) is 19.5 Å². The average molecular weight is 157 g/mol. The van der Waals surface area contributed by atoms with Crippen LogP contribution in [0.15, 0.2) is 0 Å². The lowest BCUT2D eigenvalue weighted by Gasteiger charge is -2.20. The van der Waals surface area contributed by atoms with Crippen molar-refractivity contribution in [2.45, 2.75) is 19.4 Å². The lowest BCUT2D eigenvalue weighted by Crippen LogP contribution is -2.43. The number of Topliss-reactive ketones (excluding diaryl/α,β-unsaturated/α-hetero) is 1. The van der Waals surface area contributed by atoms with Gasteiger partial charge in [-0.3, -0.25) is 9.59 Å². The summed E-state index contributed by atoms with van der Waals surface area (Å²) >= 11 is 0. The van der Waals surface area contributed by atoms with E-state index >= 15 is 0 Å². The zero-order valence-corrected chi connectivity index (χ0v) is 6.42. The summed E-state index contributed by atoms with van der Waals surface area (Å²) in [6, 6.07) is 0. The van der Waals surface area contributed by atoms with Crippen LogP contribution in [0, 0.1) is 0 Å². The van der Waals surface area contributed by atoms with Crippen molar-refractivity contribution in [1.29, 1.82) is 0 Å². The number of ketones is 1. The Hall–Kier alpha value is -0.900. The molecule has 0 spiro atoms. The van der Waals surface area contributed by atoms with Gasteiger partial charge < -0.3 is 10.1 Å². The van der Waals surface area contributed by atoms with Crippen molar-refractivity contribution in [3.8, 4) is 0 Å². The van der Waals surface area contributed by atoms with Crippen molar-refractivity contribution < 1.29 is 14.3 Å². The van der Waals surface area contributed by atoms with Crippen molar-refractivity contribution in [2.75, 3.05) is 13.1 Å². The standard InChI is InChI=1S/C7H11NO3/c1-5(9)11-7-4-8-3-2-6(7)10/h7-8H,2-4H2,1H3. The Kier molecular flexibility index (Phi) is 2.59. The third-order valence-electron chi connectivity index (χ3n) is 1.55. The van der Waals surface area contributed by atoms with Gasteiger partial charge in [0.25, 0.3) is 0 Å². The van der Waals surface area contributed by atoms with Gasteiger partial charge >= 0.3 is 5.97 Å². The number of rotatable bonds is 1. The number of hydrogen-bond acceptors (Lipinski definition) is 4. The molecule has 62 valence electrons. The predicted octanol–water partition coefficient (Wildman–Crippen LogP) is -0.520. The van der Waals surface area contributed by atoms with Gasteiger partial charge in [-0.05, 0) is 0 Å². The highest BCUT2D eigenvalue weighted by Crippen LogP contribution is 2.01. The minimum Gasteiger partial charge on any atom is -0.453 e. The monoisotopic (exact) mass is 157 g/mol. The van der Waals surface area contributed by atoms with Crippen LogP contribution in [0.5, 0.6) is 0 Å². The molecule has 0 aromatic carbocycles. The van der Waals surface area contributed by atoms with E-state index in [9.17, 15) is 9.59 Å². The van der Waals surface area contributed by atoms with E-state index < -0.39 is 12.1 Å². The molecule has 1 aliphatic heterocycles. The van der Waals surface area contributed by atoms with Gasteiger partial charge in [-0.25, -0.2) is 0 Å². The van der Waals surface area contributed by atoms with Crippen LogP contribution in [-0.4, -0.2) is 30.9 Å². The maximum Gasteiger partial charge on any atom is 0.303 e. The summed E-state index contributed by atoms with van der Waals surface area (Å²) in [6.45, 7) is 2.46. The molecule has 0 amide bonds. The Bertz CT molecular complexity index is 179. The first-order valence-corrected chi connectivity index (χ1v) is 3.61. The number of ether oxygens (including phenoxy) is 1. The number of nitrogens with one attached hydrogen (secondary N) is 1. The highest BCUT2D eigenvalue weighted by atomic mass is 16.5. The number of esters is 1. The fraction of sp³-hybridized carbons (Fsp3) is 0.714. The van der Waals surface area contributed by atoms with E-state index in [4.69, 9.17) is 4.74 Å². The molecule has 0 bridgehead atoms. The number of piperidine rings is 1. The van der Waals surface area contributed by atoms with Gasteiger partial charge in [0.1, 0.15) is 0 Å². The molecular weight excluding hydrogens is 146 g/mol. The smallest absolute Gasteiger partial charge is 0.303 e. The van der Waals surface area contributed by atoms with Gasteiger partial charge in [0, 0.05) is 26.4 Å². The minimum absolute atomic E-state index is 0.0129. The summed E-state index contributed by atoms with van der Waals surface area (Å²) in [4.78, 5) is 21.5. The summed E-state index contributed by atoms with van der Waals surface area (Å²) in [5.74, 6) is -0.383. The third kappa shape index (κ3) is 2.31. The summed E-state index contributed by atoms with van der Waals surface area (Å²) in [7, 11) is 0. The summed E-state index contributed by atoms with van der Waals surface area (Å²) in [5.41, 5.74) is 0. The molecule has 0 aromatic rings. The molecule has 1 aliphatic rings. The first-order valence-electron chi connectivity index (χ1n) is 3.61. The molecule has 1 saturated heterocycles. The molecule has 0 aromatic heterocycles. The van der Waals surface area contributed by atoms with E-state index in [2.05, 4.69) is 5.32 Å². The average Bonchev–Trinajstić information content (AvgIpc) is 1.93. The van der Waals surface area contributed by atoms with Crippen molar-refractivity contribution >= 4 is 11.8 Å². The van der Waals surface area contributed by atoms with Crippen molar-refractivity contribution in [3.05, 3.63) is 0 Å². The molecule has 11 heavy (non-hydrogen) atoms. The normalized spacial score (nSPS) is 24.8. The Morgan fingerprint density at radius 1 is 1.73 bits per heavy atom. The second-order valence-corrected chi connectivity index (χ2v) is 2.52. The molecular formula is C7H11NO3. The lowest BCUT2D eigenvalue weighted by molar-refractivity contribution is -0.153. The Labute approximate surface area is 64.9 Å². The molecule has 0 aliphatic carbocycles. The molecule has 1 unspecified atom stereocenters. The van der Waals surface area contributed by atoms with E-state index in [1.165, 1.54) is 6.92 Å². The third-order valence-corrected chi connectivity index (χ3v) is 1.55. The second kappa shape index (κ2) is 3.48. The molecule has 0 saturated carbocycles. The van der Waals surface area contributed by atoms with Crippen molar-refractivity contribution in [2.24, 2.45) is 0 Å². The maximum atomic E-state index is 11.0. The largest absolute Gasteiger partial charge is 0.453 e. The van der Waals surface area contributed by atoms with E-state index in [1.54, 1.807) is 0 Å². The first-order chi connectivity index (χ1) is 5.20. The van der Waals surface area contributed by atoms with E-state index in [0.717, 1.165) is 0 Å². The van der Waals surface area contributed by atoms with Crippen LogP contribution in [0.2, 0.25) is 0 Å². The van der Waals surface area contributed by atoms with Crippen LogP contribution in [0.3, 0.4) is 0 Å². The van der Waals surface area contributed by atoms with Gasteiger partial charge in [0.15, 0.2) is 11.9 Å². The molecule has 1 heterocycles. The highest BCUT2D eigenvalue weighted by molar-refractivity contribution is 5.86. The topological polar surface area (TPSA) is 55.4 Å². The SMILES string of the molecule is CC(=O)OC1CNCCC1=O. The Balaban J connectivity index is 2.42. The number of carbonyl (C=O) groups is 2. The first kappa shape index (κ1) is 8.20. The molecule has 1 atom stereocenters. The fourth-order valence-corrected chi connectivity index (χ4v) is 1.03. The molecule has 4 nitrogen and oxygen atoms in total. The van der Waals surface area contributed by atoms with E-state index in [-0.39, 0.29) is 5.78 Å². The van der Waals surface area contributed by atoms with Crippen LogP contribution in [0.4, 0.5) is 0 Å². The fourth-order valence-electron chi connectivity index (χ4n) is 1.03. The van der Waals surface area contributed by atoms with Gasteiger partial charge in [-0.2, -0.15) is 0 Å². The van der Waals surface area contributed by atoms with Crippen LogP contribution in [-0.2, 0) is 14.3 Å². The molecule has 1 fully saturated rings. The predicted molar refractivity (Wildman–Crippen MR) is 38.0 cm³/mol. The summed E-state index contributed by atoms with van der Waals surface area (Å²) in [5, 5.41) is 2.97. The second-order valence-electron chi connectivity index (χ2n) is 2.52. The van der Waals surface area contributed by atoms with Crippen molar-refractivity contribution in [3.63, 3.8) is 0 Å². The van der Waals surface area contributed by atoms with Crippen LogP contribution >= 0.6 is 0 Å². The minimum atomic E-state index is -0.554. The molecule has 1 N–H and O–H groups in total. The quantitative estimate of drug-likeness (QED) is 0.520. The number of hydrogen-bond donors (Lipinski definition) is 1.